The number of nitrogens with zero attached hydrogens (tertiary/aromatic N) is 1. The van der Waals surface area contributed by atoms with Crippen LogP contribution >= 0.6 is 0 Å². The minimum Gasteiger partial charge on any atom is -0.478 e. The molecule has 96 valence electrons. The van der Waals surface area contributed by atoms with Crippen molar-refractivity contribution in [1.29, 1.82) is 0 Å². The predicted molar refractivity (Wildman–Crippen MR) is 71.5 cm³/mol. The molecule has 0 aliphatic carbocycles. The molecule has 0 aliphatic heterocycles. The highest BCUT2D eigenvalue weighted by molar-refractivity contribution is 5.99. The number of aryl methyl sites for hydroxylation is 2. The molecule has 0 radical (unpaired) electrons. The summed E-state index contributed by atoms with van der Waals surface area (Å²) < 4.78 is 0. The molecule has 1 N–H and O–H groups in total. The molecule has 2 rings (SSSR count). The summed E-state index contributed by atoms with van der Waals surface area (Å²) in [7, 11) is 0. The molecule has 19 heavy (non-hydrogen) atoms. The summed E-state index contributed by atoms with van der Waals surface area (Å²) in [5.41, 5.74) is 3.01. The molecule has 1 aromatic carbocycles. The topological polar surface area (TPSA) is 67.3 Å². The third-order valence-electron chi connectivity index (χ3n) is 2.96. The van der Waals surface area contributed by atoms with Gasteiger partial charge in [-0.05, 0) is 31.5 Å². The van der Waals surface area contributed by atoms with Crippen LogP contribution in [0.4, 0.5) is 0 Å². The quantitative estimate of drug-likeness (QED) is 0.856. The maximum atomic E-state index is 11.4. The zero-order valence-corrected chi connectivity index (χ0v) is 10.7. The maximum Gasteiger partial charge on any atom is 0.338 e. The fourth-order valence-corrected chi connectivity index (χ4v) is 2.03. The number of aromatic carboxylic acids is 1. The lowest BCUT2D eigenvalue weighted by molar-refractivity contribution is 0.0696. The summed E-state index contributed by atoms with van der Waals surface area (Å²) in [5, 5.41) is 9.30. The molecule has 0 fully saturated rings. The number of pyridine rings is 1. The Kier molecular flexibility index (Phi) is 3.42. The average molecular weight is 255 g/mol. The van der Waals surface area contributed by atoms with Crippen molar-refractivity contribution in [1.82, 2.24) is 4.98 Å². The van der Waals surface area contributed by atoms with E-state index >= 15 is 0 Å². The number of hydrogen-bond donors (Lipinski definition) is 1. The van der Waals surface area contributed by atoms with E-state index < -0.39 is 5.97 Å². The zero-order chi connectivity index (χ0) is 14.0. The van der Waals surface area contributed by atoms with Crippen LogP contribution in [0.1, 0.15) is 31.8 Å². The second-order valence-electron chi connectivity index (χ2n) is 4.37. The molecule has 1 heterocycles. The number of aromatic nitrogens is 1. The van der Waals surface area contributed by atoms with Gasteiger partial charge in [-0.25, -0.2) is 4.79 Å². The van der Waals surface area contributed by atoms with Gasteiger partial charge < -0.3 is 5.11 Å². The van der Waals surface area contributed by atoms with E-state index in [0.717, 1.165) is 11.8 Å². The Morgan fingerprint density at radius 2 is 2.00 bits per heavy atom. The van der Waals surface area contributed by atoms with Gasteiger partial charge in [-0.2, -0.15) is 0 Å². The first-order valence-electron chi connectivity index (χ1n) is 5.79. The number of carbonyl (C=O) groups is 2. The molecule has 0 spiro atoms. The highest BCUT2D eigenvalue weighted by Crippen LogP contribution is 2.27. The highest BCUT2D eigenvalue weighted by Gasteiger charge is 2.18. The Labute approximate surface area is 110 Å². The van der Waals surface area contributed by atoms with Crippen LogP contribution in [0.25, 0.3) is 11.3 Å². The first kappa shape index (κ1) is 13.0. The molecule has 0 saturated heterocycles. The second kappa shape index (κ2) is 5.02. The van der Waals surface area contributed by atoms with Gasteiger partial charge in [0.15, 0.2) is 6.29 Å². The average Bonchev–Trinajstić information content (AvgIpc) is 2.37. The van der Waals surface area contributed by atoms with Crippen molar-refractivity contribution in [3.8, 4) is 11.3 Å². The number of carbonyl (C=O) groups excluding carboxylic acids is 1. The molecule has 0 bridgehead atoms. The van der Waals surface area contributed by atoms with Gasteiger partial charge in [0, 0.05) is 17.3 Å². The fraction of sp³-hybridized carbons (Fsp3) is 0.133. The van der Waals surface area contributed by atoms with Gasteiger partial charge in [0.05, 0.1) is 11.3 Å². The van der Waals surface area contributed by atoms with Crippen LogP contribution in [0.15, 0.2) is 30.5 Å². The smallest absolute Gasteiger partial charge is 0.338 e. The van der Waals surface area contributed by atoms with E-state index in [0.29, 0.717) is 22.4 Å². The Morgan fingerprint density at radius 3 is 2.63 bits per heavy atom. The number of carboxylic acid groups (broad SMARTS) is 1. The van der Waals surface area contributed by atoms with Crippen molar-refractivity contribution in [3.63, 3.8) is 0 Å². The van der Waals surface area contributed by atoms with Gasteiger partial charge in [-0.3, -0.25) is 9.78 Å². The van der Waals surface area contributed by atoms with Crippen LogP contribution < -0.4 is 0 Å². The SMILES string of the molecule is Cc1ccc(-c2nccc(C)c2C(=O)O)c(C=O)c1. The monoisotopic (exact) mass is 255 g/mol. The van der Waals surface area contributed by atoms with Crippen molar-refractivity contribution in [2.24, 2.45) is 0 Å². The van der Waals surface area contributed by atoms with Gasteiger partial charge >= 0.3 is 5.97 Å². The van der Waals surface area contributed by atoms with E-state index in [4.69, 9.17) is 0 Å². The summed E-state index contributed by atoms with van der Waals surface area (Å²) in [6, 6.07) is 6.92. The first-order valence-corrected chi connectivity index (χ1v) is 5.79. The molecule has 0 saturated carbocycles. The van der Waals surface area contributed by atoms with Crippen molar-refractivity contribution >= 4 is 12.3 Å². The molecule has 1 aromatic heterocycles. The summed E-state index contributed by atoms with van der Waals surface area (Å²) >= 11 is 0. The summed E-state index contributed by atoms with van der Waals surface area (Å²) in [6.07, 6.45) is 2.27. The van der Waals surface area contributed by atoms with E-state index in [2.05, 4.69) is 4.98 Å². The molecule has 0 aliphatic rings. The molecular formula is C15H13NO3. The standard InChI is InChI=1S/C15H13NO3/c1-9-3-4-12(11(7-9)8-17)14-13(15(18)19)10(2)5-6-16-14/h3-8H,1-2H3,(H,18,19). The molecule has 2 aromatic rings. The van der Waals surface area contributed by atoms with Crippen LogP contribution in [0.3, 0.4) is 0 Å². The van der Waals surface area contributed by atoms with Crippen molar-refractivity contribution in [2.75, 3.05) is 0 Å². The van der Waals surface area contributed by atoms with Crippen LogP contribution in [0.2, 0.25) is 0 Å². The van der Waals surface area contributed by atoms with Crippen LogP contribution in [-0.4, -0.2) is 22.3 Å². The summed E-state index contributed by atoms with van der Waals surface area (Å²) in [6.45, 7) is 3.59. The predicted octanol–water partition coefficient (Wildman–Crippen LogP) is 2.88. The number of aldehydes is 1. The van der Waals surface area contributed by atoms with Crippen molar-refractivity contribution in [3.05, 3.63) is 52.7 Å². The fourth-order valence-electron chi connectivity index (χ4n) is 2.03. The Hall–Kier alpha value is -2.49. The lowest BCUT2D eigenvalue weighted by atomic mass is 9.97. The van der Waals surface area contributed by atoms with Gasteiger partial charge in [0.1, 0.15) is 0 Å². The van der Waals surface area contributed by atoms with Gasteiger partial charge in [0.25, 0.3) is 0 Å². The Balaban J connectivity index is 2.76. The molecule has 0 amide bonds. The number of rotatable bonds is 3. The molecule has 0 atom stereocenters. The van der Waals surface area contributed by atoms with Crippen LogP contribution in [-0.2, 0) is 0 Å². The van der Waals surface area contributed by atoms with Crippen LogP contribution in [0, 0.1) is 13.8 Å². The third-order valence-corrected chi connectivity index (χ3v) is 2.96. The van der Waals surface area contributed by atoms with Gasteiger partial charge in [-0.1, -0.05) is 17.7 Å². The second-order valence-corrected chi connectivity index (χ2v) is 4.37. The minimum absolute atomic E-state index is 0.134. The van der Waals surface area contributed by atoms with E-state index in [-0.39, 0.29) is 5.56 Å². The van der Waals surface area contributed by atoms with Gasteiger partial charge in [0.2, 0.25) is 0 Å². The van der Waals surface area contributed by atoms with Crippen LogP contribution in [0.5, 0.6) is 0 Å². The number of carboxylic acids is 1. The molecule has 4 nitrogen and oxygen atoms in total. The van der Waals surface area contributed by atoms with E-state index in [1.165, 1.54) is 0 Å². The first-order chi connectivity index (χ1) is 9.04. The lowest BCUT2D eigenvalue weighted by Gasteiger charge is -2.10. The largest absolute Gasteiger partial charge is 0.478 e. The summed E-state index contributed by atoms with van der Waals surface area (Å²) in [4.78, 5) is 26.6. The minimum atomic E-state index is -1.04. The maximum absolute atomic E-state index is 11.4. The lowest BCUT2D eigenvalue weighted by Crippen LogP contribution is -2.05. The zero-order valence-electron chi connectivity index (χ0n) is 10.7. The van der Waals surface area contributed by atoms with E-state index in [1.807, 2.05) is 13.0 Å². The van der Waals surface area contributed by atoms with Gasteiger partial charge in [-0.15, -0.1) is 0 Å². The van der Waals surface area contributed by atoms with E-state index in [9.17, 15) is 14.7 Å². The Morgan fingerprint density at radius 1 is 1.26 bits per heavy atom. The number of benzene rings is 1. The van der Waals surface area contributed by atoms with Crippen molar-refractivity contribution < 1.29 is 14.7 Å². The molecular weight excluding hydrogens is 242 g/mol. The van der Waals surface area contributed by atoms with Crippen molar-refractivity contribution in [2.45, 2.75) is 13.8 Å². The Bertz CT molecular complexity index is 662. The summed E-state index contributed by atoms with van der Waals surface area (Å²) in [5.74, 6) is -1.04. The number of hydrogen-bond acceptors (Lipinski definition) is 3. The molecule has 4 heteroatoms. The van der Waals surface area contributed by atoms with E-state index in [1.54, 1.807) is 31.3 Å². The third kappa shape index (κ3) is 2.38. The normalized spacial score (nSPS) is 10.2. The highest BCUT2D eigenvalue weighted by atomic mass is 16.4. The molecule has 0 unspecified atom stereocenters.